The first-order chi connectivity index (χ1) is 6.35. The molecule has 0 N–H and O–H groups in total. The van der Waals surface area contributed by atoms with Gasteiger partial charge in [0.2, 0.25) is 0 Å². The van der Waals surface area contributed by atoms with Crippen LogP contribution in [0.5, 0.6) is 0 Å². The summed E-state index contributed by atoms with van der Waals surface area (Å²) in [5, 5.41) is 0. The van der Waals surface area contributed by atoms with E-state index >= 15 is 0 Å². The predicted octanol–water partition coefficient (Wildman–Crippen LogP) is 3.55. The maximum absolute atomic E-state index is 6.14. The summed E-state index contributed by atoms with van der Waals surface area (Å²) in [4.78, 5) is 0. The van der Waals surface area contributed by atoms with Gasteiger partial charge in [0.1, 0.15) is 0 Å². The molecule has 2 aliphatic carbocycles. The molecular formula is C11H19IO. The van der Waals surface area contributed by atoms with E-state index in [0.29, 0.717) is 0 Å². The first kappa shape index (κ1) is 10.2. The smallest absolute Gasteiger partial charge is 0.0771 e. The topological polar surface area (TPSA) is 9.23 Å². The Morgan fingerprint density at radius 2 is 1.85 bits per heavy atom. The molecule has 0 amide bonds. The zero-order valence-corrected chi connectivity index (χ0v) is 10.4. The minimum absolute atomic E-state index is 0.288. The molecule has 2 saturated carbocycles. The molecule has 0 aromatic heterocycles. The Balaban J connectivity index is 1.75. The first-order valence-electron chi connectivity index (χ1n) is 5.55. The quantitative estimate of drug-likeness (QED) is 0.569. The van der Waals surface area contributed by atoms with Crippen molar-refractivity contribution in [3.8, 4) is 0 Å². The van der Waals surface area contributed by atoms with Gasteiger partial charge in [0.25, 0.3) is 0 Å². The van der Waals surface area contributed by atoms with Crippen LogP contribution in [0.1, 0.15) is 44.9 Å². The van der Waals surface area contributed by atoms with E-state index in [1.807, 2.05) is 0 Å². The van der Waals surface area contributed by atoms with Crippen LogP contribution in [-0.2, 0) is 4.74 Å². The Morgan fingerprint density at radius 1 is 1.15 bits per heavy atom. The SMILES string of the molecule is ICC1(OCC2CCC2)CCCC1. The van der Waals surface area contributed by atoms with Gasteiger partial charge >= 0.3 is 0 Å². The number of hydrogen-bond donors (Lipinski definition) is 0. The lowest BCUT2D eigenvalue weighted by Crippen LogP contribution is -2.34. The van der Waals surface area contributed by atoms with E-state index < -0.39 is 0 Å². The number of ether oxygens (including phenoxy) is 1. The van der Waals surface area contributed by atoms with Crippen LogP contribution in [0.25, 0.3) is 0 Å². The van der Waals surface area contributed by atoms with Crippen LogP contribution in [-0.4, -0.2) is 16.6 Å². The highest BCUT2D eigenvalue weighted by Crippen LogP contribution is 2.37. The highest BCUT2D eigenvalue weighted by atomic mass is 127. The van der Waals surface area contributed by atoms with Gasteiger partial charge in [-0.15, -0.1) is 0 Å². The number of hydrogen-bond acceptors (Lipinski definition) is 1. The molecule has 0 saturated heterocycles. The van der Waals surface area contributed by atoms with Gasteiger partial charge in [-0.3, -0.25) is 0 Å². The van der Waals surface area contributed by atoms with Crippen LogP contribution in [0.4, 0.5) is 0 Å². The summed E-state index contributed by atoms with van der Waals surface area (Å²) in [5.41, 5.74) is 0.288. The fourth-order valence-electron chi connectivity index (χ4n) is 2.29. The maximum Gasteiger partial charge on any atom is 0.0771 e. The molecule has 0 aromatic rings. The van der Waals surface area contributed by atoms with Crippen molar-refractivity contribution in [1.29, 1.82) is 0 Å². The third-order valence-electron chi connectivity index (χ3n) is 3.61. The highest BCUT2D eigenvalue weighted by molar-refractivity contribution is 14.1. The second-order valence-corrected chi connectivity index (χ2v) is 5.39. The Bertz CT molecular complexity index is 159. The van der Waals surface area contributed by atoms with Gasteiger partial charge < -0.3 is 4.74 Å². The Hall–Kier alpha value is 0.690. The van der Waals surface area contributed by atoms with Crippen molar-refractivity contribution in [3.63, 3.8) is 0 Å². The van der Waals surface area contributed by atoms with Crippen molar-refractivity contribution in [2.24, 2.45) is 5.92 Å². The normalized spacial score (nSPS) is 27.5. The molecule has 0 unspecified atom stereocenters. The molecule has 0 spiro atoms. The van der Waals surface area contributed by atoms with Gasteiger partial charge in [0.15, 0.2) is 0 Å². The van der Waals surface area contributed by atoms with E-state index in [9.17, 15) is 0 Å². The second-order valence-electron chi connectivity index (χ2n) is 4.63. The van der Waals surface area contributed by atoms with Crippen LogP contribution in [0.2, 0.25) is 0 Å². The number of alkyl halides is 1. The van der Waals surface area contributed by atoms with Crippen molar-refractivity contribution >= 4 is 22.6 Å². The van der Waals surface area contributed by atoms with Crippen LogP contribution in [0, 0.1) is 5.92 Å². The summed E-state index contributed by atoms with van der Waals surface area (Å²) in [6, 6.07) is 0. The molecule has 0 radical (unpaired) electrons. The Labute approximate surface area is 94.8 Å². The molecule has 1 nitrogen and oxygen atoms in total. The predicted molar refractivity (Wildman–Crippen MR) is 63.4 cm³/mol. The van der Waals surface area contributed by atoms with Gasteiger partial charge in [0.05, 0.1) is 12.2 Å². The average Bonchev–Trinajstić information content (AvgIpc) is 2.51. The third-order valence-corrected chi connectivity index (χ3v) is 5.00. The molecule has 2 heteroatoms. The molecule has 0 aromatic carbocycles. The van der Waals surface area contributed by atoms with Crippen molar-refractivity contribution in [1.82, 2.24) is 0 Å². The molecule has 0 bridgehead atoms. The zero-order valence-electron chi connectivity index (χ0n) is 8.23. The molecule has 2 rings (SSSR count). The van der Waals surface area contributed by atoms with Crippen LogP contribution < -0.4 is 0 Å². The molecule has 0 aliphatic heterocycles. The fraction of sp³-hybridized carbons (Fsp3) is 1.00. The summed E-state index contributed by atoms with van der Waals surface area (Å²) < 4.78 is 7.33. The van der Waals surface area contributed by atoms with Crippen LogP contribution >= 0.6 is 22.6 Å². The minimum Gasteiger partial charge on any atom is -0.374 e. The van der Waals surface area contributed by atoms with Crippen molar-refractivity contribution in [2.45, 2.75) is 50.5 Å². The van der Waals surface area contributed by atoms with Crippen LogP contribution in [0.3, 0.4) is 0 Å². The van der Waals surface area contributed by atoms with E-state index in [4.69, 9.17) is 4.74 Å². The third kappa shape index (κ3) is 2.38. The Morgan fingerprint density at radius 3 is 2.31 bits per heavy atom. The highest BCUT2D eigenvalue weighted by Gasteiger charge is 2.34. The summed E-state index contributed by atoms with van der Waals surface area (Å²) in [6.45, 7) is 1.04. The summed E-state index contributed by atoms with van der Waals surface area (Å²) in [7, 11) is 0. The zero-order chi connectivity index (χ0) is 9.15. The molecule has 13 heavy (non-hydrogen) atoms. The summed E-state index contributed by atoms with van der Waals surface area (Å²) in [5.74, 6) is 0.903. The lowest BCUT2D eigenvalue weighted by molar-refractivity contribution is -0.0494. The molecule has 2 fully saturated rings. The summed E-state index contributed by atoms with van der Waals surface area (Å²) in [6.07, 6.45) is 9.65. The lowest BCUT2D eigenvalue weighted by atomic mass is 9.86. The molecule has 0 heterocycles. The van der Waals surface area contributed by atoms with Gasteiger partial charge in [-0.1, -0.05) is 41.9 Å². The van der Waals surface area contributed by atoms with E-state index in [2.05, 4.69) is 22.6 Å². The monoisotopic (exact) mass is 294 g/mol. The minimum atomic E-state index is 0.288. The largest absolute Gasteiger partial charge is 0.374 e. The van der Waals surface area contributed by atoms with E-state index in [1.165, 1.54) is 49.4 Å². The summed E-state index contributed by atoms with van der Waals surface area (Å²) >= 11 is 2.49. The molecule has 2 aliphatic rings. The molecule has 0 atom stereocenters. The van der Waals surface area contributed by atoms with Crippen molar-refractivity contribution < 1.29 is 4.74 Å². The fourth-order valence-corrected chi connectivity index (χ4v) is 3.27. The number of rotatable bonds is 4. The lowest BCUT2D eigenvalue weighted by Gasteiger charge is -2.32. The molecular weight excluding hydrogens is 275 g/mol. The van der Waals surface area contributed by atoms with Crippen LogP contribution in [0.15, 0.2) is 0 Å². The maximum atomic E-state index is 6.14. The standard InChI is InChI=1S/C11H19IO/c12-9-11(6-1-2-7-11)13-8-10-4-3-5-10/h10H,1-9H2. The first-order valence-corrected chi connectivity index (χ1v) is 7.07. The average molecular weight is 294 g/mol. The second kappa shape index (κ2) is 4.47. The van der Waals surface area contributed by atoms with Gasteiger partial charge in [-0.2, -0.15) is 0 Å². The van der Waals surface area contributed by atoms with Crippen molar-refractivity contribution in [2.75, 3.05) is 11.0 Å². The van der Waals surface area contributed by atoms with E-state index in [0.717, 1.165) is 12.5 Å². The van der Waals surface area contributed by atoms with Crippen molar-refractivity contribution in [3.05, 3.63) is 0 Å². The van der Waals surface area contributed by atoms with Gasteiger partial charge in [-0.25, -0.2) is 0 Å². The molecule has 76 valence electrons. The van der Waals surface area contributed by atoms with E-state index in [-0.39, 0.29) is 5.60 Å². The Kier molecular flexibility index (Phi) is 3.52. The van der Waals surface area contributed by atoms with Gasteiger partial charge in [0, 0.05) is 4.43 Å². The number of halogens is 1. The van der Waals surface area contributed by atoms with E-state index in [1.54, 1.807) is 0 Å². The van der Waals surface area contributed by atoms with Gasteiger partial charge in [-0.05, 0) is 31.6 Å².